The number of hydrogen-bond donors (Lipinski definition) is 0. The molecular weight excluding hydrogens is 374 g/mol. The van der Waals surface area contributed by atoms with Crippen LogP contribution in [0.15, 0.2) is 5.16 Å². The highest BCUT2D eigenvalue weighted by atomic mass is 16.6. The van der Waals surface area contributed by atoms with Gasteiger partial charge in [0.25, 0.3) is 0 Å². The van der Waals surface area contributed by atoms with E-state index in [4.69, 9.17) is 9.57 Å². The summed E-state index contributed by atoms with van der Waals surface area (Å²) in [5.41, 5.74) is 2.25. The highest BCUT2D eigenvalue weighted by Crippen LogP contribution is 2.68. The van der Waals surface area contributed by atoms with E-state index in [1.807, 2.05) is 0 Å². The van der Waals surface area contributed by atoms with Gasteiger partial charge in [-0.1, -0.05) is 25.9 Å². The van der Waals surface area contributed by atoms with E-state index in [2.05, 4.69) is 25.9 Å². The van der Waals surface area contributed by atoms with Gasteiger partial charge in [0.1, 0.15) is 7.11 Å². The molecule has 4 aliphatic rings. The zero-order chi connectivity index (χ0) is 21.5. The van der Waals surface area contributed by atoms with Crippen molar-refractivity contribution in [3.8, 4) is 0 Å². The molecular formula is C26H43NO3. The SMILES string of the molecule is CON=C1CC[C@@]2(C)[C@H](CC[C@@H]3[C@@H]2CC[C@]2(C)[C@@H]([C@H](C)CCC(=O)OC)CC[C@@H]32)C1. The number of hydrogen-bond acceptors (Lipinski definition) is 4. The number of carbonyl (C=O) groups excluding carboxylic acids is 1. The first-order chi connectivity index (χ1) is 14.3. The van der Waals surface area contributed by atoms with Gasteiger partial charge in [-0.15, -0.1) is 0 Å². The molecule has 0 aliphatic heterocycles. The molecule has 4 saturated carbocycles. The summed E-state index contributed by atoms with van der Waals surface area (Å²) < 4.78 is 4.89. The molecule has 0 saturated heterocycles. The predicted octanol–water partition coefficient (Wildman–Crippen LogP) is 6.24. The molecule has 0 unspecified atom stereocenters. The number of carbonyl (C=O) groups is 1. The molecule has 0 spiro atoms. The standard InChI is InChI=1S/C26H43NO3/c1-17(6-11-24(28)29-4)21-9-10-22-20-8-7-18-16-19(27-30-5)12-14-25(18,2)23(20)13-15-26(21,22)3/h17-18,20-23H,6-16H2,1-5H3/t17-,18-,20+,21-,22+,23+,25+,26-/m1/s1. The fourth-order valence-electron chi connectivity index (χ4n) is 8.90. The number of methoxy groups -OCH3 is 1. The largest absolute Gasteiger partial charge is 0.469 e. The Morgan fingerprint density at radius 3 is 2.57 bits per heavy atom. The van der Waals surface area contributed by atoms with Crippen LogP contribution in [0.2, 0.25) is 0 Å². The third kappa shape index (κ3) is 3.60. The third-order valence-electron chi connectivity index (χ3n) is 10.5. The molecule has 0 aromatic carbocycles. The maximum Gasteiger partial charge on any atom is 0.305 e. The van der Waals surface area contributed by atoms with Crippen LogP contribution in [-0.2, 0) is 14.4 Å². The van der Waals surface area contributed by atoms with Crippen molar-refractivity contribution in [2.75, 3.05) is 14.2 Å². The summed E-state index contributed by atoms with van der Waals surface area (Å²) in [5, 5.41) is 4.32. The Kier molecular flexibility index (Phi) is 6.25. The van der Waals surface area contributed by atoms with Gasteiger partial charge in [0.15, 0.2) is 0 Å². The van der Waals surface area contributed by atoms with Crippen molar-refractivity contribution in [1.82, 2.24) is 0 Å². The second kappa shape index (κ2) is 8.47. The quantitative estimate of drug-likeness (QED) is 0.393. The highest BCUT2D eigenvalue weighted by molar-refractivity contribution is 5.85. The molecule has 0 heterocycles. The van der Waals surface area contributed by atoms with Gasteiger partial charge in [-0.3, -0.25) is 4.79 Å². The van der Waals surface area contributed by atoms with Gasteiger partial charge < -0.3 is 9.57 Å². The smallest absolute Gasteiger partial charge is 0.305 e. The van der Waals surface area contributed by atoms with Crippen molar-refractivity contribution in [3.63, 3.8) is 0 Å². The van der Waals surface area contributed by atoms with Crippen molar-refractivity contribution >= 4 is 11.7 Å². The maximum atomic E-state index is 11.7. The van der Waals surface area contributed by atoms with Crippen LogP contribution in [0.4, 0.5) is 0 Å². The Bertz CT molecular complexity index is 675. The predicted molar refractivity (Wildman–Crippen MR) is 120 cm³/mol. The average Bonchev–Trinajstić information content (AvgIpc) is 3.09. The van der Waals surface area contributed by atoms with Crippen LogP contribution in [-0.4, -0.2) is 25.9 Å². The molecule has 170 valence electrons. The van der Waals surface area contributed by atoms with Gasteiger partial charge in [-0.25, -0.2) is 0 Å². The van der Waals surface area contributed by atoms with Crippen LogP contribution in [0, 0.1) is 46.3 Å². The summed E-state index contributed by atoms with van der Waals surface area (Å²) in [6, 6.07) is 0. The minimum Gasteiger partial charge on any atom is -0.469 e. The van der Waals surface area contributed by atoms with Gasteiger partial charge in [-0.05, 0) is 111 Å². The molecule has 0 aromatic heterocycles. The second-order valence-electron chi connectivity index (χ2n) is 11.5. The second-order valence-corrected chi connectivity index (χ2v) is 11.5. The fraction of sp³-hybridized carbons (Fsp3) is 0.923. The first kappa shape index (κ1) is 22.1. The van der Waals surface area contributed by atoms with Crippen molar-refractivity contribution in [1.29, 1.82) is 0 Å². The van der Waals surface area contributed by atoms with Crippen molar-refractivity contribution < 1.29 is 14.4 Å². The number of esters is 1. The van der Waals surface area contributed by atoms with Crippen LogP contribution < -0.4 is 0 Å². The lowest BCUT2D eigenvalue weighted by molar-refractivity contribution is -0.141. The van der Waals surface area contributed by atoms with Crippen LogP contribution in [0.3, 0.4) is 0 Å². The summed E-state index contributed by atoms with van der Waals surface area (Å²) in [6.45, 7) is 7.62. The van der Waals surface area contributed by atoms with E-state index in [-0.39, 0.29) is 5.97 Å². The summed E-state index contributed by atoms with van der Waals surface area (Å²) >= 11 is 0. The van der Waals surface area contributed by atoms with Gasteiger partial charge in [0.05, 0.1) is 12.8 Å². The molecule has 4 rings (SSSR count). The van der Waals surface area contributed by atoms with Gasteiger partial charge in [0.2, 0.25) is 0 Å². The third-order valence-corrected chi connectivity index (χ3v) is 10.5. The Morgan fingerprint density at radius 2 is 1.83 bits per heavy atom. The first-order valence-electron chi connectivity index (χ1n) is 12.5. The Morgan fingerprint density at radius 1 is 1.07 bits per heavy atom. The topological polar surface area (TPSA) is 47.9 Å². The summed E-state index contributed by atoms with van der Waals surface area (Å²) in [7, 11) is 3.19. The number of fused-ring (bicyclic) bond motifs is 5. The lowest BCUT2D eigenvalue weighted by Crippen LogP contribution is -2.53. The van der Waals surface area contributed by atoms with Crippen LogP contribution in [0.5, 0.6) is 0 Å². The summed E-state index contributed by atoms with van der Waals surface area (Å²) in [6.07, 6.45) is 13.5. The number of ether oxygens (including phenoxy) is 1. The molecule has 8 atom stereocenters. The minimum absolute atomic E-state index is 0.0508. The van der Waals surface area contributed by atoms with Crippen molar-refractivity contribution in [2.24, 2.45) is 51.5 Å². The molecule has 0 N–H and O–H groups in total. The lowest BCUT2D eigenvalue weighted by Gasteiger charge is -2.60. The Labute approximate surface area is 183 Å². The number of oxime groups is 1. The number of nitrogens with zero attached hydrogens (tertiary/aromatic N) is 1. The molecule has 4 fully saturated rings. The lowest BCUT2D eigenvalue weighted by atomic mass is 9.44. The van der Waals surface area contributed by atoms with E-state index >= 15 is 0 Å². The molecule has 0 aromatic rings. The normalized spacial score (nSPS) is 45.2. The van der Waals surface area contributed by atoms with Gasteiger partial charge in [-0.2, -0.15) is 0 Å². The molecule has 4 heteroatoms. The zero-order valence-electron chi connectivity index (χ0n) is 19.9. The van der Waals surface area contributed by atoms with Crippen LogP contribution in [0.25, 0.3) is 0 Å². The average molecular weight is 418 g/mol. The molecule has 4 nitrogen and oxygen atoms in total. The van der Waals surface area contributed by atoms with E-state index < -0.39 is 0 Å². The van der Waals surface area contributed by atoms with Crippen LogP contribution in [0.1, 0.15) is 91.4 Å². The monoisotopic (exact) mass is 417 g/mol. The van der Waals surface area contributed by atoms with E-state index in [9.17, 15) is 4.79 Å². The fourth-order valence-corrected chi connectivity index (χ4v) is 8.90. The maximum absolute atomic E-state index is 11.7. The van der Waals surface area contributed by atoms with Crippen molar-refractivity contribution in [3.05, 3.63) is 0 Å². The van der Waals surface area contributed by atoms with E-state index in [0.717, 1.165) is 48.9 Å². The van der Waals surface area contributed by atoms with E-state index in [0.29, 0.717) is 23.2 Å². The first-order valence-corrected chi connectivity index (χ1v) is 12.5. The summed E-state index contributed by atoms with van der Waals surface area (Å²) in [5.74, 6) is 4.81. The summed E-state index contributed by atoms with van der Waals surface area (Å²) in [4.78, 5) is 16.8. The zero-order valence-corrected chi connectivity index (χ0v) is 19.9. The Hall–Kier alpha value is -1.06. The molecule has 0 radical (unpaired) electrons. The van der Waals surface area contributed by atoms with E-state index in [1.165, 1.54) is 57.8 Å². The number of rotatable bonds is 5. The molecule has 30 heavy (non-hydrogen) atoms. The highest BCUT2D eigenvalue weighted by Gasteiger charge is 2.60. The minimum atomic E-state index is -0.0508. The van der Waals surface area contributed by atoms with E-state index in [1.54, 1.807) is 7.11 Å². The Balaban J connectivity index is 1.47. The molecule has 0 bridgehead atoms. The van der Waals surface area contributed by atoms with Gasteiger partial charge in [0, 0.05) is 6.42 Å². The molecule has 4 aliphatic carbocycles. The van der Waals surface area contributed by atoms with Crippen molar-refractivity contribution in [2.45, 2.75) is 91.4 Å². The molecule has 0 amide bonds. The van der Waals surface area contributed by atoms with Crippen LogP contribution >= 0.6 is 0 Å². The van der Waals surface area contributed by atoms with Gasteiger partial charge >= 0.3 is 5.97 Å².